The van der Waals surface area contributed by atoms with Gasteiger partial charge in [-0.25, -0.2) is 4.98 Å². The van der Waals surface area contributed by atoms with Crippen LogP contribution in [-0.4, -0.2) is 27.6 Å². The molecule has 3 rings (SSSR count). The molecule has 2 aromatic rings. The SMILES string of the molecule is Cc1ccc(O)c(N2CC(O)=C(c3nc(C)cs3)C2=N)c1. The van der Waals surface area contributed by atoms with Crippen LogP contribution in [0, 0.1) is 19.3 Å². The first kappa shape index (κ1) is 13.6. The molecule has 0 aliphatic carbocycles. The Morgan fingerprint density at radius 3 is 2.71 bits per heavy atom. The Bertz CT molecular complexity index is 764. The quantitative estimate of drug-likeness (QED) is 0.795. The number of phenolic OH excluding ortho intramolecular Hbond substituents is 1. The zero-order chi connectivity index (χ0) is 15.1. The zero-order valence-electron chi connectivity index (χ0n) is 11.7. The molecule has 2 heterocycles. The van der Waals surface area contributed by atoms with Gasteiger partial charge < -0.3 is 15.1 Å². The van der Waals surface area contributed by atoms with Gasteiger partial charge in [0.25, 0.3) is 0 Å². The summed E-state index contributed by atoms with van der Waals surface area (Å²) in [7, 11) is 0. The lowest BCUT2D eigenvalue weighted by Gasteiger charge is -2.20. The van der Waals surface area contributed by atoms with Gasteiger partial charge in [0, 0.05) is 11.1 Å². The molecule has 0 unspecified atom stereocenters. The monoisotopic (exact) mass is 301 g/mol. The average molecular weight is 301 g/mol. The highest BCUT2D eigenvalue weighted by molar-refractivity contribution is 7.11. The Morgan fingerprint density at radius 2 is 2.05 bits per heavy atom. The normalized spacial score (nSPS) is 15.1. The van der Waals surface area contributed by atoms with E-state index < -0.39 is 0 Å². The summed E-state index contributed by atoms with van der Waals surface area (Å²) in [5, 5.41) is 31.0. The summed E-state index contributed by atoms with van der Waals surface area (Å²) in [5.41, 5.74) is 2.80. The summed E-state index contributed by atoms with van der Waals surface area (Å²) in [5.74, 6) is 0.354. The van der Waals surface area contributed by atoms with Crippen LogP contribution < -0.4 is 4.90 Å². The highest BCUT2D eigenvalue weighted by Crippen LogP contribution is 2.36. The van der Waals surface area contributed by atoms with E-state index in [2.05, 4.69) is 4.98 Å². The van der Waals surface area contributed by atoms with E-state index in [9.17, 15) is 10.2 Å². The molecule has 1 aromatic carbocycles. The molecule has 21 heavy (non-hydrogen) atoms. The van der Waals surface area contributed by atoms with Crippen LogP contribution in [-0.2, 0) is 0 Å². The second kappa shape index (κ2) is 4.89. The molecule has 0 bridgehead atoms. The van der Waals surface area contributed by atoms with E-state index >= 15 is 0 Å². The molecule has 0 fully saturated rings. The third kappa shape index (κ3) is 2.27. The Morgan fingerprint density at radius 1 is 1.29 bits per heavy atom. The van der Waals surface area contributed by atoms with Crippen molar-refractivity contribution in [2.75, 3.05) is 11.4 Å². The Kier molecular flexibility index (Phi) is 3.17. The second-order valence-corrected chi connectivity index (χ2v) is 5.90. The molecular weight excluding hydrogens is 286 g/mol. The van der Waals surface area contributed by atoms with Crippen molar-refractivity contribution < 1.29 is 10.2 Å². The maximum Gasteiger partial charge on any atom is 0.139 e. The van der Waals surface area contributed by atoms with Crippen LogP contribution in [0.5, 0.6) is 5.75 Å². The summed E-state index contributed by atoms with van der Waals surface area (Å²) in [4.78, 5) is 5.92. The van der Waals surface area contributed by atoms with E-state index in [1.165, 1.54) is 11.3 Å². The smallest absolute Gasteiger partial charge is 0.139 e. The van der Waals surface area contributed by atoms with Crippen LogP contribution in [0.1, 0.15) is 16.3 Å². The molecule has 0 saturated carbocycles. The van der Waals surface area contributed by atoms with Gasteiger partial charge in [0.1, 0.15) is 22.4 Å². The van der Waals surface area contributed by atoms with Crippen LogP contribution in [0.15, 0.2) is 29.3 Å². The van der Waals surface area contributed by atoms with E-state index in [1.54, 1.807) is 23.1 Å². The van der Waals surface area contributed by atoms with Crippen LogP contribution in [0.25, 0.3) is 5.57 Å². The lowest BCUT2D eigenvalue weighted by atomic mass is 10.2. The molecule has 6 heteroatoms. The summed E-state index contributed by atoms with van der Waals surface area (Å²) >= 11 is 1.40. The summed E-state index contributed by atoms with van der Waals surface area (Å²) in [6.07, 6.45) is 0. The maximum absolute atomic E-state index is 10.2. The Balaban J connectivity index is 2.00. The number of aryl methyl sites for hydroxylation is 2. The number of nitrogens with one attached hydrogen (secondary N) is 1. The van der Waals surface area contributed by atoms with Crippen molar-refractivity contribution >= 4 is 28.4 Å². The molecule has 0 atom stereocenters. The fraction of sp³-hybridized carbons (Fsp3) is 0.200. The summed E-state index contributed by atoms with van der Waals surface area (Å²) < 4.78 is 0. The first-order valence-corrected chi connectivity index (χ1v) is 7.36. The Labute approximate surface area is 126 Å². The number of phenols is 1. The number of aliphatic hydroxyl groups is 1. The first-order chi connectivity index (χ1) is 9.97. The maximum atomic E-state index is 10.2. The fourth-order valence-electron chi connectivity index (χ4n) is 2.33. The van der Waals surface area contributed by atoms with Crippen molar-refractivity contribution in [2.45, 2.75) is 13.8 Å². The van der Waals surface area contributed by atoms with E-state index in [1.807, 2.05) is 19.2 Å². The number of aliphatic hydroxyl groups excluding tert-OH is 1. The molecule has 1 aliphatic heterocycles. The number of amidine groups is 1. The van der Waals surface area contributed by atoms with Gasteiger partial charge in [-0.15, -0.1) is 11.3 Å². The molecule has 5 nitrogen and oxygen atoms in total. The number of hydrogen-bond acceptors (Lipinski definition) is 5. The minimum atomic E-state index is 0.0923. The molecular formula is C15H15N3O2S. The molecule has 0 saturated heterocycles. The number of benzene rings is 1. The fourth-order valence-corrected chi connectivity index (χ4v) is 3.19. The van der Waals surface area contributed by atoms with Gasteiger partial charge in [-0.2, -0.15) is 0 Å². The van der Waals surface area contributed by atoms with Crippen LogP contribution in [0.4, 0.5) is 5.69 Å². The van der Waals surface area contributed by atoms with Gasteiger partial charge in [0.2, 0.25) is 0 Å². The molecule has 1 aliphatic rings. The standard InChI is InChI=1S/C15H15N3O2S/c1-8-3-4-11(19)10(5-8)18-6-12(20)13(14(18)16)15-17-9(2)7-21-15/h3-5,7,16,19-20H,6H2,1-2H3. The molecule has 108 valence electrons. The third-order valence-corrected chi connectivity index (χ3v) is 4.34. The van der Waals surface area contributed by atoms with Gasteiger partial charge in [-0.1, -0.05) is 6.07 Å². The van der Waals surface area contributed by atoms with Gasteiger partial charge in [0.15, 0.2) is 0 Å². The molecule has 3 N–H and O–H groups in total. The lowest BCUT2D eigenvalue weighted by Crippen LogP contribution is -2.26. The van der Waals surface area contributed by atoms with Gasteiger partial charge >= 0.3 is 0 Å². The topological polar surface area (TPSA) is 80.4 Å². The Hall–Kier alpha value is -2.34. The molecule has 1 aromatic heterocycles. The first-order valence-electron chi connectivity index (χ1n) is 6.48. The number of nitrogens with zero attached hydrogens (tertiary/aromatic N) is 2. The van der Waals surface area contributed by atoms with Gasteiger partial charge in [-0.05, 0) is 31.5 Å². The summed E-state index contributed by atoms with van der Waals surface area (Å²) in [6, 6.07) is 5.20. The van der Waals surface area contributed by atoms with Crippen molar-refractivity contribution in [1.82, 2.24) is 4.98 Å². The van der Waals surface area contributed by atoms with Crippen molar-refractivity contribution in [3.05, 3.63) is 45.6 Å². The molecule has 0 amide bonds. The summed E-state index contributed by atoms with van der Waals surface area (Å²) in [6.45, 7) is 3.96. The zero-order valence-corrected chi connectivity index (χ0v) is 12.5. The van der Waals surface area contributed by atoms with Crippen molar-refractivity contribution in [3.8, 4) is 5.75 Å². The predicted molar refractivity (Wildman–Crippen MR) is 84.3 cm³/mol. The number of aromatic nitrogens is 1. The van der Waals surface area contributed by atoms with Crippen molar-refractivity contribution in [1.29, 1.82) is 5.41 Å². The average Bonchev–Trinajstić information content (AvgIpc) is 2.96. The van der Waals surface area contributed by atoms with Gasteiger partial charge in [0.05, 0.1) is 17.8 Å². The van der Waals surface area contributed by atoms with Crippen molar-refractivity contribution in [2.24, 2.45) is 0 Å². The van der Waals surface area contributed by atoms with Crippen LogP contribution in [0.2, 0.25) is 0 Å². The van der Waals surface area contributed by atoms with Crippen LogP contribution in [0.3, 0.4) is 0 Å². The lowest BCUT2D eigenvalue weighted by molar-refractivity contribution is 0.411. The van der Waals surface area contributed by atoms with Gasteiger partial charge in [-0.3, -0.25) is 5.41 Å². The highest BCUT2D eigenvalue weighted by Gasteiger charge is 2.32. The molecule has 0 spiro atoms. The number of aromatic hydroxyl groups is 1. The number of anilines is 1. The van der Waals surface area contributed by atoms with E-state index in [0.717, 1.165) is 11.3 Å². The van der Waals surface area contributed by atoms with E-state index in [-0.39, 0.29) is 23.9 Å². The van der Waals surface area contributed by atoms with E-state index in [4.69, 9.17) is 5.41 Å². The number of rotatable bonds is 2. The highest BCUT2D eigenvalue weighted by atomic mass is 32.1. The second-order valence-electron chi connectivity index (χ2n) is 5.04. The minimum Gasteiger partial charge on any atom is -0.510 e. The van der Waals surface area contributed by atoms with E-state index in [0.29, 0.717) is 16.3 Å². The third-order valence-electron chi connectivity index (χ3n) is 3.36. The predicted octanol–water partition coefficient (Wildman–Crippen LogP) is 3.23. The number of hydrogen-bond donors (Lipinski definition) is 3. The number of thiazole rings is 1. The largest absolute Gasteiger partial charge is 0.510 e. The van der Waals surface area contributed by atoms with Crippen molar-refractivity contribution in [3.63, 3.8) is 0 Å². The minimum absolute atomic E-state index is 0.0923. The molecule has 0 radical (unpaired) electrons. The van der Waals surface area contributed by atoms with Crippen LogP contribution >= 0.6 is 11.3 Å².